The Morgan fingerprint density at radius 2 is 1.47 bits per heavy atom. The van der Waals surface area contributed by atoms with Crippen LogP contribution in [0.5, 0.6) is 11.5 Å². The van der Waals surface area contributed by atoms with E-state index in [-0.39, 0.29) is 23.3 Å². The minimum atomic E-state index is -0.140. The number of benzene rings is 1. The molecular formula is C24H32CrO7. The van der Waals surface area contributed by atoms with Crippen molar-refractivity contribution in [1.29, 1.82) is 0 Å². The normalized spacial score (nSPS) is 17.7. The first-order valence-electron chi connectivity index (χ1n) is 9.85. The van der Waals surface area contributed by atoms with Gasteiger partial charge in [0.15, 0.2) is 11.5 Å². The molecule has 8 heteroatoms. The van der Waals surface area contributed by atoms with Gasteiger partial charge in [0.25, 0.3) is 0 Å². The van der Waals surface area contributed by atoms with Gasteiger partial charge in [-0.2, -0.15) is 0 Å². The van der Waals surface area contributed by atoms with Gasteiger partial charge in [-0.3, -0.25) is 4.79 Å². The van der Waals surface area contributed by atoms with Gasteiger partial charge in [-0.25, -0.2) is 0 Å². The molecular weight excluding hydrogens is 452 g/mol. The Kier molecular flexibility index (Phi) is 21.3. The summed E-state index contributed by atoms with van der Waals surface area (Å²) in [5, 5.41) is 0. The third kappa shape index (κ3) is 10.1. The molecule has 1 aliphatic rings. The van der Waals surface area contributed by atoms with E-state index in [4.69, 9.17) is 28.2 Å². The summed E-state index contributed by atoms with van der Waals surface area (Å²) in [6.07, 6.45) is 3.57. The molecule has 32 heavy (non-hydrogen) atoms. The number of rotatable bonds is 7. The van der Waals surface area contributed by atoms with Gasteiger partial charge < -0.3 is 14.2 Å². The van der Waals surface area contributed by atoms with Crippen molar-refractivity contribution in [3.05, 3.63) is 43.2 Å². The van der Waals surface area contributed by atoms with E-state index in [2.05, 4.69) is 52.9 Å². The van der Waals surface area contributed by atoms with E-state index in [1.807, 2.05) is 0 Å². The van der Waals surface area contributed by atoms with Crippen LogP contribution in [0.15, 0.2) is 12.1 Å². The largest absolute Gasteiger partial charge is 0 e. The molecule has 3 atom stereocenters. The number of hydrogen-bond acceptors (Lipinski definition) is 4. The molecule has 0 heterocycles. The molecule has 0 unspecified atom stereocenters. The summed E-state index contributed by atoms with van der Waals surface area (Å²) in [6, 6.07) is 4.28. The van der Waals surface area contributed by atoms with Gasteiger partial charge in [0.1, 0.15) is 0 Å². The predicted octanol–water partition coefficient (Wildman–Crippen LogP) is 4.80. The Morgan fingerprint density at radius 3 is 1.88 bits per heavy atom. The number of carbonyl (C=O) groups is 1. The van der Waals surface area contributed by atoms with E-state index < -0.39 is 0 Å². The second-order valence-corrected chi connectivity index (χ2v) is 7.60. The minimum Gasteiger partial charge on any atom is 0 e. The molecule has 0 spiro atoms. The van der Waals surface area contributed by atoms with Crippen molar-refractivity contribution < 1.29 is 50.3 Å². The standard InChI is InChI=1S/C21H32O4.3CO.Cr/c1-13(2)9-15-10-14(3)16(7-8-21(22)25-6)18-12-20(24-5)19(23-4)11-17(15)18;3*1-2;/h11-16H,7-10H2,1-6H3;;;;/t14-,15-,16+;;;;/m0..../s1. The fourth-order valence-electron chi connectivity index (χ4n) is 4.24. The van der Waals surface area contributed by atoms with Gasteiger partial charge in [0.05, 0.1) is 21.3 Å². The van der Waals surface area contributed by atoms with Crippen LogP contribution >= 0.6 is 0 Å². The maximum Gasteiger partial charge on any atom is 0 e. The molecule has 176 valence electrons. The van der Waals surface area contributed by atoms with Crippen LogP contribution < -0.4 is 9.47 Å². The predicted molar refractivity (Wildman–Crippen MR) is 111 cm³/mol. The van der Waals surface area contributed by atoms with Gasteiger partial charge in [-0.05, 0) is 66.2 Å². The molecule has 0 aromatic heterocycles. The van der Waals surface area contributed by atoms with Crippen LogP contribution in [0.2, 0.25) is 0 Å². The van der Waals surface area contributed by atoms with Gasteiger partial charge in [-0.1, -0.05) is 20.8 Å². The van der Waals surface area contributed by atoms with Gasteiger partial charge in [0.2, 0.25) is 0 Å². The first kappa shape index (κ1) is 34.7. The number of fused-ring (bicyclic) bond motifs is 1. The first-order valence-corrected chi connectivity index (χ1v) is 9.85. The Labute approximate surface area is 202 Å². The van der Waals surface area contributed by atoms with Crippen molar-refractivity contribution in [2.24, 2.45) is 11.8 Å². The van der Waals surface area contributed by atoms with Gasteiger partial charge >= 0.3 is 39.9 Å². The van der Waals surface area contributed by atoms with E-state index in [1.165, 1.54) is 18.2 Å². The Hall–Kier alpha value is -1.96. The topological polar surface area (TPSA) is 104 Å². The van der Waals surface area contributed by atoms with E-state index in [0.29, 0.717) is 30.1 Å². The molecule has 0 bridgehead atoms. The molecule has 0 saturated heterocycles. The van der Waals surface area contributed by atoms with Gasteiger partial charge in [-0.15, -0.1) is 0 Å². The fraction of sp³-hybridized carbons (Fsp3) is 0.583. The summed E-state index contributed by atoms with van der Waals surface area (Å²) < 4.78 is 38.4. The number of ether oxygens (including phenoxy) is 3. The Bertz CT molecular complexity index is 711. The summed E-state index contributed by atoms with van der Waals surface area (Å²) >= 11 is 0. The van der Waals surface area contributed by atoms with Crippen molar-refractivity contribution in [3.8, 4) is 11.5 Å². The molecule has 1 aliphatic carbocycles. The molecule has 0 N–H and O–H groups in total. The van der Waals surface area contributed by atoms with Crippen LogP contribution in [-0.4, -0.2) is 27.3 Å². The molecule has 0 aliphatic heterocycles. The summed E-state index contributed by atoms with van der Waals surface area (Å²) in [4.78, 5) is 11.6. The maximum absolute atomic E-state index is 11.6. The number of esters is 1. The van der Waals surface area contributed by atoms with E-state index >= 15 is 0 Å². The van der Waals surface area contributed by atoms with E-state index in [0.717, 1.165) is 30.8 Å². The molecule has 0 fully saturated rings. The third-order valence-electron chi connectivity index (χ3n) is 5.41. The second kappa shape index (κ2) is 19.7. The van der Waals surface area contributed by atoms with Crippen LogP contribution in [-0.2, 0) is 40.8 Å². The third-order valence-corrected chi connectivity index (χ3v) is 5.41. The minimum absolute atomic E-state index is 0. The number of hydrogen-bond donors (Lipinski definition) is 0. The van der Waals surface area contributed by atoms with Crippen molar-refractivity contribution in [2.75, 3.05) is 21.3 Å². The average molecular weight is 485 g/mol. The number of methoxy groups -OCH3 is 3. The summed E-state index contributed by atoms with van der Waals surface area (Å²) in [5.74, 6) is 3.46. The smallest absolute Gasteiger partial charge is 0 e. The fourth-order valence-corrected chi connectivity index (χ4v) is 4.24. The van der Waals surface area contributed by atoms with Crippen LogP contribution in [0, 0.1) is 31.8 Å². The van der Waals surface area contributed by atoms with Crippen molar-refractivity contribution in [2.45, 2.75) is 58.3 Å². The van der Waals surface area contributed by atoms with Crippen LogP contribution in [0.1, 0.15) is 69.4 Å². The van der Waals surface area contributed by atoms with Crippen molar-refractivity contribution in [1.82, 2.24) is 0 Å². The zero-order valence-corrected chi connectivity index (χ0v) is 20.8. The average Bonchev–Trinajstić information content (AvgIpc) is 2.81. The summed E-state index contributed by atoms with van der Waals surface area (Å²) in [6.45, 7) is 20.3. The summed E-state index contributed by atoms with van der Waals surface area (Å²) in [5.41, 5.74) is 2.67. The molecule has 0 radical (unpaired) electrons. The Balaban J connectivity index is -0.00000111. The molecule has 2 rings (SSSR count). The molecule has 7 nitrogen and oxygen atoms in total. The first-order chi connectivity index (χ1) is 14.9. The molecule has 0 saturated carbocycles. The van der Waals surface area contributed by atoms with Crippen molar-refractivity contribution >= 4 is 5.97 Å². The quantitative estimate of drug-likeness (QED) is 0.315. The number of carbonyl (C=O) groups excluding carboxylic acids is 1. The van der Waals surface area contributed by atoms with E-state index in [1.54, 1.807) is 14.2 Å². The van der Waals surface area contributed by atoms with Gasteiger partial charge in [0, 0.05) is 23.8 Å². The van der Waals surface area contributed by atoms with E-state index in [9.17, 15) is 4.79 Å². The monoisotopic (exact) mass is 484 g/mol. The summed E-state index contributed by atoms with van der Waals surface area (Å²) in [7, 11) is 4.81. The second-order valence-electron chi connectivity index (χ2n) is 7.60. The molecule has 1 aromatic rings. The maximum atomic E-state index is 11.6. The Morgan fingerprint density at radius 1 is 1.00 bits per heavy atom. The van der Waals surface area contributed by atoms with Crippen molar-refractivity contribution in [3.63, 3.8) is 0 Å². The SMILES string of the molecule is COC(=O)CC[C@H]1c2cc(OC)c(OC)cc2[C@@H](CC(C)C)C[C@@H]1C.[C-]#[O+].[C-]#[O+].[C-]#[O+].[Cr]. The zero-order valence-electron chi connectivity index (χ0n) is 19.6. The van der Waals surface area contributed by atoms with Crippen LogP contribution in [0.3, 0.4) is 0 Å². The zero-order chi connectivity index (χ0) is 24.6. The van der Waals surface area contributed by atoms with Crippen LogP contribution in [0.25, 0.3) is 0 Å². The molecule has 0 amide bonds. The molecule has 1 aromatic carbocycles. The van der Waals surface area contributed by atoms with Crippen LogP contribution in [0.4, 0.5) is 0 Å².